The van der Waals surface area contributed by atoms with Crippen LogP contribution in [-0.2, 0) is 42.9 Å². The largest absolute Gasteiger partial charge is 0.459 e. The summed E-state index contributed by atoms with van der Waals surface area (Å²) in [6.45, 7) is 12.0. The molecule has 0 bridgehead atoms. The number of ether oxygens (including phenoxy) is 4. The van der Waals surface area contributed by atoms with Gasteiger partial charge in [0, 0.05) is 51.0 Å². The van der Waals surface area contributed by atoms with E-state index in [1.54, 1.807) is 24.3 Å². The Morgan fingerprint density at radius 3 is 2.00 bits per heavy atom. The third kappa shape index (κ3) is 6.83. The summed E-state index contributed by atoms with van der Waals surface area (Å²) in [5.41, 5.74) is 0.180. The number of carbonyl (C=O) groups is 5. The van der Waals surface area contributed by atoms with Gasteiger partial charge in [-0.1, -0.05) is 44.5 Å². The van der Waals surface area contributed by atoms with Crippen LogP contribution in [0.25, 0.3) is 0 Å². The van der Waals surface area contributed by atoms with Crippen molar-refractivity contribution in [2.24, 2.45) is 46.3 Å². The Kier molecular flexibility index (Phi) is 10.2. The number of esters is 4. The molecule has 0 saturated heterocycles. The Bertz CT molecular complexity index is 1390. The van der Waals surface area contributed by atoms with Crippen molar-refractivity contribution in [1.82, 2.24) is 0 Å². The molecule has 4 fully saturated rings. The Hall–Kier alpha value is -2.94. The molecule has 0 unspecified atom stereocenters. The van der Waals surface area contributed by atoms with Crippen LogP contribution in [0.4, 0.5) is 0 Å². The molecule has 0 radical (unpaired) electrons. The lowest BCUT2D eigenvalue weighted by Gasteiger charge is -2.61. The summed E-state index contributed by atoms with van der Waals surface area (Å²) in [4.78, 5) is 62.8. The van der Waals surface area contributed by atoms with Crippen molar-refractivity contribution in [2.75, 3.05) is 0 Å². The highest BCUT2D eigenvalue weighted by molar-refractivity contribution is 6.30. The zero-order valence-electron chi connectivity index (χ0n) is 28.6. The van der Waals surface area contributed by atoms with Crippen molar-refractivity contribution in [3.63, 3.8) is 0 Å². The molecule has 0 aliphatic heterocycles. The van der Waals surface area contributed by atoms with Crippen LogP contribution in [0.2, 0.25) is 5.02 Å². The zero-order valence-corrected chi connectivity index (χ0v) is 29.3. The van der Waals surface area contributed by atoms with Gasteiger partial charge in [0.1, 0.15) is 24.1 Å². The van der Waals surface area contributed by atoms with Crippen molar-refractivity contribution in [1.29, 1.82) is 0 Å². The first kappa shape index (κ1) is 35.4. The van der Waals surface area contributed by atoms with E-state index in [9.17, 15) is 24.0 Å². The number of carbonyl (C=O) groups excluding carboxylic acids is 5. The molecule has 0 spiro atoms. The van der Waals surface area contributed by atoms with Crippen molar-refractivity contribution in [3.8, 4) is 0 Å². The first-order valence-corrected chi connectivity index (χ1v) is 17.4. The van der Waals surface area contributed by atoms with Crippen LogP contribution in [0.3, 0.4) is 0 Å². The lowest BCUT2D eigenvalue weighted by Crippen LogP contribution is -2.60. The van der Waals surface area contributed by atoms with Gasteiger partial charge in [-0.2, -0.15) is 0 Å². The Balaban J connectivity index is 1.43. The minimum absolute atomic E-state index is 0.131. The van der Waals surface area contributed by atoms with Crippen LogP contribution < -0.4 is 0 Å². The van der Waals surface area contributed by atoms with Crippen molar-refractivity contribution in [3.05, 3.63) is 34.9 Å². The minimum Gasteiger partial charge on any atom is -0.459 e. The summed E-state index contributed by atoms with van der Waals surface area (Å²) in [5.74, 6) is -1.17. The number of Topliss-reactive ketones (excluding diaryl/α,β-unsaturated/α-hetero) is 1. The summed E-state index contributed by atoms with van der Waals surface area (Å²) >= 11 is 6.16. The standard InChI is InChI=1S/C37H49ClO9/c1-19(34(46-22(4)41)35(47-23(5)42)24-8-10-25(38)11-9-24)27-12-13-28-26-16-31(43)30-17-32(44-20(2)39)33(45-21(3)40)18-37(30,7)29(26)14-15-36(27,28)6/h8-11,19,26-30,32-35H,12-18H2,1-7H3/t19-,26-,27+,28-,29-,30+,32-,33+,34-,35-,36+,37+/m0/s1. The number of ketones is 1. The predicted octanol–water partition coefficient (Wildman–Crippen LogP) is 6.82. The maximum absolute atomic E-state index is 14.0. The number of fused-ring (bicyclic) bond motifs is 5. The maximum atomic E-state index is 14.0. The number of rotatable bonds is 8. The Morgan fingerprint density at radius 1 is 0.809 bits per heavy atom. The molecular formula is C37H49ClO9. The Labute approximate surface area is 282 Å². The average Bonchev–Trinajstić information content (AvgIpc) is 3.32. The fourth-order valence-electron chi connectivity index (χ4n) is 10.6. The third-order valence-corrected chi connectivity index (χ3v) is 12.6. The van der Waals surface area contributed by atoms with Gasteiger partial charge in [-0.05, 0) is 90.7 Å². The molecule has 0 aromatic heterocycles. The molecule has 10 heteroatoms. The van der Waals surface area contributed by atoms with E-state index in [4.69, 9.17) is 30.5 Å². The van der Waals surface area contributed by atoms with Gasteiger partial charge in [-0.15, -0.1) is 0 Å². The molecule has 0 N–H and O–H groups in total. The second-order valence-corrected chi connectivity index (χ2v) is 15.5. The fraction of sp³-hybridized carbons (Fsp3) is 0.703. The van der Waals surface area contributed by atoms with Crippen LogP contribution in [0.15, 0.2) is 24.3 Å². The monoisotopic (exact) mass is 672 g/mol. The molecule has 258 valence electrons. The van der Waals surface area contributed by atoms with Gasteiger partial charge in [0.15, 0.2) is 6.10 Å². The lowest BCUT2D eigenvalue weighted by molar-refractivity contribution is -0.196. The van der Waals surface area contributed by atoms with Crippen LogP contribution in [0.5, 0.6) is 0 Å². The molecule has 4 aliphatic carbocycles. The summed E-state index contributed by atoms with van der Waals surface area (Å²) < 4.78 is 23.2. The summed E-state index contributed by atoms with van der Waals surface area (Å²) in [7, 11) is 0. The van der Waals surface area contributed by atoms with Gasteiger partial charge in [0.25, 0.3) is 0 Å². The van der Waals surface area contributed by atoms with Crippen molar-refractivity contribution >= 4 is 41.3 Å². The van der Waals surface area contributed by atoms with E-state index in [0.29, 0.717) is 29.8 Å². The van der Waals surface area contributed by atoms with E-state index in [1.807, 2.05) is 0 Å². The van der Waals surface area contributed by atoms with E-state index in [1.165, 1.54) is 27.7 Å². The van der Waals surface area contributed by atoms with Gasteiger partial charge in [0.2, 0.25) is 0 Å². The maximum Gasteiger partial charge on any atom is 0.303 e. The van der Waals surface area contributed by atoms with E-state index < -0.39 is 53.7 Å². The van der Waals surface area contributed by atoms with E-state index in [0.717, 1.165) is 25.7 Å². The van der Waals surface area contributed by atoms with Gasteiger partial charge >= 0.3 is 23.9 Å². The summed E-state index contributed by atoms with van der Waals surface area (Å²) in [5, 5.41) is 0.548. The topological polar surface area (TPSA) is 122 Å². The molecule has 4 saturated carbocycles. The quantitative estimate of drug-likeness (QED) is 0.216. The molecule has 9 nitrogen and oxygen atoms in total. The number of hydrogen-bond acceptors (Lipinski definition) is 9. The first-order chi connectivity index (χ1) is 22.0. The second-order valence-electron chi connectivity index (χ2n) is 15.1. The zero-order chi connectivity index (χ0) is 34.4. The predicted molar refractivity (Wildman–Crippen MR) is 173 cm³/mol. The number of benzene rings is 1. The highest BCUT2D eigenvalue weighted by Crippen LogP contribution is 2.68. The average molecular weight is 673 g/mol. The van der Waals surface area contributed by atoms with E-state index in [2.05, 4.69) is 20.8 Å². The third-order valence-electron chi connectivity index (χ3n) is 12.4. The molecule has 1 aromatic carbocycles. The van der Waals surface area contributed by atoms with Gasteiger partial charge < -0.3 is 18.9 Å². The van der Waals surface area contributed by atoms with Gasteiger partial charge in [-0.25, -0.2) is 0 Å². The second kappa shape index (κ2) is 13.5. The smallest absolute Gasteiger partial charge is 0.303 e. The van der Waals surface area contributed by atoms with Gasteiger partial charge in [0.05, 0.1) is 0 Å². The molecule has 1 aromatic rings. The molecule has 0 heterocycles. The highest BCUT2D eigenvalue weighted by Gasteiger charge is 2.65. The van der Waals surface area contributed by atoms with Crippen molar-refractivity contribution < 1.29 is 42.9 Å². The number of halogens is 1. The molecule has 0 amide bonds. The van der Waals surface area contributed by atoms with E-state index in [-0.39, 0.29) is 46.7 Å². The highest BCUT2D eigenvalue weighted by atomic mass is 35.5. The lowest BCUT2D eigenvalue weighted by atomic mass is 9.43. The van der Waals surface area contributed by atoms with Gasteiger partial charge in [-0.3, -0.25) is 24.0 Å². The minimum atomic E-state index is -0.802. The number of hydrogen-bond donors (Lipinski definition) is 0. The molecular weight excluding hydrogens is 624 g/mol. The molecule has 47 heavy (non-hydrogen) atoms. The summed E-state index contributed by atoms with van der Waals surface area (Å²) in [6, 6.07) is 7.06. The summed E-state index contributed by atoms with van der Waals surface area (Å²) in [6.07, 6.45) is 2.26. The first-order valence-electron chi connectivity index (χ1n) is 17.0. The molecule has 4 aliphatic rings. The van der Waals surface area contributed by atoms with E-state index >= 15 is 0 Å². The van der Waals surface area contributed by atoms with Crippen LogP contribution in [0, 0.1) is 46.3 Å². The van der Waals surface area contributed by atoms with Crippen LogP contribution in [0.1, 0.15) is 105 Å². The van der Waals surface area contributed by atoms with Crippen LogP contribution >= 0.6 is 11.6 Å². The molecule has 5 rings (SSSR count). The normalized spacial score (nSPS) is 36.4. The SMILES string of the molecule is CC(=O)O[C@@H]([C@@H](C)[C@H]1CC[C@H]2[C@@H]3CC(=O)[C@H]4C[C@H](OC(C)=O)[C@H](OC(C)=O)C[C@]4(C)[C@H]3CC[C@]12C)[C@@H](OC(C)=O)c1ccc(Cl)cc1. The molecule has 12 atom stereocenters. The van der Waals surface area contributed by atoms with Crippen molar-refractivity contribution in [2.45, 2.75) is 118 Å². The fourth-order valence-corrected chi connectivity index (χ4v) is 10.8. The van der Waals surface area contributed by atoms with Crippen LogP contribution in [-0.4, -0.2) is 48.0 Å². The Morgan fingerprint density at radius 2 is 1.40 bits per heavy atom.